The maximum atomic E-state index is 11.9. The summed E-state index contributed by atoms with van der Waals surface area (Å²) in [6, 6.07) is 6.95. The number of carbonyl (C=O) groups excluding carboxylic acids is 2. The average molecular weight is 357 g/mol. The molecule has 0 aromatic heterocycles. The number of amides is 2. The quantitative estimate of drug-likeness (QED) is 0.697. The SMILES string of the molecule is CCC(C)(CCO)NC(=O)CNC(=O)c1cccc(Br)c1. The molecule has 0 saturated carbocycles. The molecule has 6 heteroatoms. The highest BCUT2D eigenvalue weighted by molar-refractivity contribution is 9.10. The lowest BCUT2D eigenvalue weighted by Crippen LogP contribution is -2.49. The summed E-state index contributed by atoms with van der Waals surface area (Å²) < 4.78 is 0.807. The Balaban J connectivity index is 2.51. The number of nitrogens with one attached hydrogen (secondary N) is 2. The van der Waals surface area contributed by atoms with E-state index >= 15 is 0 Å². The Morgan fingerprint density at radius 3 is 2.67 bits per heavy atom. The van der Waals surface area contributed by atoms with Crippen molar-refractivity contribution in [3.63, 3.8) is 0 Å². The van der Waals surface area contributed by atoms with E-state index in [0.29, 0.717) is 18.4 Å². The lowest BCUT2D eigenvalue weighted by atomic mass is 9.95. The first-order valence-electron chi connectivity index (χ1n) is 6.86. The van der Waals surface area contributed by atoms with Gasteiger partial charge in [0.1, 0.15) is 0 Å². The number of aliphatic hydroxyl groups excluding tert-OH is 1. The molecule has 1 aromatic rings. The molecule has 21 heavy (non-hydrogen) atoms. The molecule has 2 amide bonds. The molecule has 0 bridgehead atoms. The Kier molecular flexibility index (Phi) is 6.84. The first-order chi connectivity index (χ1) is 9.90. The number of hydrogen-bond acceptors (Lipinski definition) is 3. The Labute approximate surface area is 133 Å². The monoisotopic (exact) mass is 356 g/mol. The third kappa shape index (κ3) is 5.85. The van der Waals surface area contributed by atoms with E-state index in [1.165, 1.54) is 0 Å². The highest BCUT2D eigenvalue weighted by Crippen LogP contribution is 2.13. The predicted octanol–water partition coefficient (Wildman–Crippen LogP) is 1.85. The lowest BCUT2D eigenvalue weighted by Gasteiger charge is -2.29. The van der Waals surface area contributed by atoms with Crippen LogP contribution < -0.4 is 10.6 Å². The largest absolute Gasteiger partial charge is 0.396 e. The molecule has 1 aromatic carbocycles. The molecule has 0 radical (unpaired) electrons. The van der Waals surface area contributed by atoms with Gasteiger partial charge < -0.3 is 15.7 Å². The smallest absolute Gasteiger partial charge is 0.251 e. The minimum absolute atomic E-state index is 0.00895. The molecular weight excluding hydrogens is 336 g/mol. The highest BCUT2D eigenvalue weighted by atomic mass is 79.9. The number of aliphatic hydroxyl groups is 1. The first kappa shape index (κ1) is 17.7. The second-order valence-electron chi connectivity index (χ2n) is 5.13. The van der Waals surface area contributed by atoms with Crippen molar-refractivity contribution in [2.45, 2.75) is 32.2 Å². The molecule has 0 aliphatic carbocycles. The molecule has 0 fully saturated rings. The summed E-state index contributed by atoms with van der Waals surface area (Å²) in [5.74, 6) is -0.567. The van der Waals surface area contributed by atoms with E-state index in [9.17, 15) is 9.59 Å². The van der Waals surface area contributed by atoms with Crippen LogP contribution in [0.5, 0.6) is 0 Å². The normalized spacial score (nSPS) is 13.3. The standard InChI is InChI=1S/C15H21BrN2O3/c1-3-15(2,7-8-19)18-13(20)10-17-14(21)11-5-4-6-12(16)9-11/h4-6,9,19H,3,7-8,10H2,1-2H3,(H,17,21)(H,18,20). The molecule has 0 aliphatic rings. The molecule has 1 unspecified atom stereocenters. The molecule has 1 rings (SSSR count). The fraction of sp³-hybridized carbons (Fsp3) is 0.467. The summed E-state index contributed by atoms with van der Waals surface area (Å²) in [6.45, 7) is 3.73. The number of rotatable bonds is 7. The van der Waals surface area contributed by atoms with E-state index in [0.717, 1.165) is 4.47 Å². The van der Waals surface area contributed by atoms with E-state index in [2.05, 4.69) is 26.6 Å². The van der Waals surface area contributed by atoms with E-state index in [1.807, 2.05) is 19.9 Å². The van der Waals surface area contributed by atoms with Crippen LogP contribution in [0, 0.1) is 0 Å². The summed E-state index contributed by atoms with van der Waals surface area (Å²) in [6.07, 6.45) is 1.19. The van der Waals surface area contributed by atoms with Crippen molar-refractivity contribution >= 4 is 27.7 Å². The van der Waals surface area contributed by atoms with E-state index < -0.39 is 5.54 Å². The second-order valence-corrected chi connectivity index (χ2v) is 6.04. The topological polar surface area (TPSA) is 78.4 Å². The number of halogens is 1. The maximum Gasteiger partial charge on any atom is 0.251 e. The zero-order valence-corrected chi connectivity index (χ0v) is 13.9. The van der Waals surface area contributed by atoms with Gasteiger partial charge in [0.2, 0.25) is 5.91 Å². The van der Waals surface area contributed by atoms with E-state index in [1.54, 1.807) is 18.2 Å². The van der Waals surface area contributed by atoms with Crippen LogP contribution in [0.2, 0.25) is 0 Å². The minimum Gasteiger partial charge on any atom is -0.396 e. The van der Waals surface area contributed by atoms with Crippen LogP contribution in [0.3, 0.4) is 0 Å². The molecule has 3 N–H and O–H groups in total. The van der Waals surface area contributed by atoms with Crippen molar-refractivity contribution in [3.8, 4) is 0 Å². The number of hydrogen-bond donors (Lipinski definition) is 3. The predicted molar refractivity (Wildman–Crippen MR) is 85.0 cm³/mol. The Bertz CT molecular complexity index is 507. The molecule has 0 spiro atoms. The summed E-state index contributed by atoms with van der Waals surface area (Å²) in [5, 5.41) is 14.4. The minimum atomic E-state index is -0.452. The molecule has 0 heterocycles. The van der Waals surface area contributed by atoms with Crippen LogP contribution in [0.25, 0.3) is 0 Å². The number of carbonyl (C=O) groups is 2. The summed E-state index contributed by atoms with van der Waals surface area (Å²) in [4.78, 5) is 23.8. The van der Waals surface area contributed by atoms with Crippen molar-refractivity contribution < 1.29 is 14.7 Å². The summed E-state index contributed by atoms with van der Waals surface area (Å²) >= 11 is 3.29. The zero-order chi connectivity index (χ0) is 15.9. The van der Waals surface area contributed by atoms with E-state index in [4.69, 9.17) is 5.11 Å². The summed E-state index contributed by atoms with van der Waals surface area (Å²) in [7, 11) is 0. The zero-order valence-electron chi connectivity index (χ0n) is 12.3. The Morgan fingerprint density at radius 1 is 1.38 bits per heavy atom. The van der Waals surface area contributed by atoms with Crippen LogP contribution in [0.15, 0.2) is 28.7 Å². The molecular formula is C15H21BrN2O3. The molecule has 116 valence electrons. The van der Waals surface area contributed by atoms with Gasteiger partial charge in [-0.05, 0) is 38.0 Å². The van der Waals surface area contributed by atoms with Gasteiger partial charge >= 0.3 is 0 Å². The first-order valence-corrected chi connectivity index (χ1v) is 7.65. The fourth-order valence-corrected chi connectivity index (χ4v) is 2.25. The van der Waals surface area contributed by atoms with Gasteiger partial charge in [-0.3, -0.25) is 9.59 Å². The van der Waals surface area contributed by atoms with Gasteiger partial charge in [0.25, 0.3) is 5.91 Å². The van der Waals surface area contributed by atoms with Gasteiger partial charge in [0, 0.05) is 22.2 Å². The van der Waals surface area contributed by atoms with Crippen LogP contribution in [-0.2, 0) is 4.79 Å². The third-order valence-corrected chi connectivity index (χ3v) is 3.87. The summed E-state index contributed by atoms with van der Waals surface area (Å²) in [5.41, 5.74) is 0.0394. The van der Waals surface area contributed by atoms with Gasteiger partial charge in [-0.25, -0.2) is 0 Å². The van der Waals surface area contributed by atoms with Crippen LogP contribution in [-0.4, -0.2) is 35.6 Å². The molecule has 0 aliphatic heterocycles. The van der Waals surface area contributed by atoms with Crippen molar-refractivity contribution in [3.05, 3.63) is 34.3 Å². The molecule has 5 nitrogen and oxygen atoms in total. The van der Waals surface area contributed by atoms with Crippen molar-refractivity contribution in [2.24, 2.45) is 0 Å². The van der Waals surface area contributed by atoms with Gasteiger partial charge in [0.05, 0.1) is 6.54 Å². The van der Waals surface area contributed by atoms with Crippen molar-refractivity contribution in [2.75, 3.05) is 13.2 Å². The van der Waals surface area contributed by atoms with Crippen LogP contribution in [0.1, 0.15) is 37.0 Å². The Hall–Kier alpha value is -1.40. The average Bonchev–Trinajstić information content (AvgIpc) is 2.45. The van der Waals surface area contributed by atoms with Gasteiger partial charge in [0.15, 0.2) is 0 Å². The van der Waals surface area contributed by atoms with Gasteiger partial charge in [-0.1, -0.05) is 28.9 Å². The van der Waals surface area contributed by atoms with Crippen molar-refractivity contribution in [1.29, 1.82) is 0 Å². The maximum absolute atomic E-state index is 11.9. The van der Waals surface area contributed by atoms with Crippen LogP contribution in [0.4, 0.5) is 0 Å². The Morgan fingerprint density at radius 2 is 2.10 bits per heavy atom. The van der Waals surface area contributed by atoms with E-state index in [-0.39, 0.29) is 25.0 Å². The highest BCUT2D eigenvalue weighted by Gasteiger charge is 2.23. The van der Waals surface area contributed by atoms with Crippen LogP contribution >= 0.6 is 15.9 Å². The van der Waals surface area contributed by atoms with Gasteiger partial charge in [-0.15, -0.1) is 0 Å². The van der Waals surface area contributed by atoms with Gasteiger partial charge in [-0.2, -0.15) is 0 Å². The van der Waals surface area contributed by atoms with Crippen molar-refractivity contribution in [1.82, 2.24) is 10.6 Å². The number of benzene rings is 1. The molecule has 0 saturated heterocycles. The molecule has 1 atom stereocenters. The fourth-order valence-electron chi connectivity index (χ4n) is 1.85. The third-order valence-electron chi connectivity index (χ3n) is 3.38. The lowest BCUT2D eigenvalue weighted by molar-refractivity contribution is -0.122. The second kappa shape index (κ2) is 8.14.